The number of rotatable bonds is 7. The summed E-state index contributed by atoms with van der Waals surface area (Å²) in [5.41, 5.74) is 2.59. The molecule has 0 saturated heterocycles. The Hall–Kier alpha value is -2.43. The number of sulfonamides is 1. The van der Waals surface area contributed by atoms with Gasteiger partial charge in [-0.1, -0.05) is 15.9 Å². The third kappa shape index (κ3) is 6.28. The van der Waals surface area contributed by atoms with Gasteiger partial charge in [0, 0.05) is 42.9 Å². The first-order valence-corrected chi connectivity index (χ1v) is 11.4. The van der Waals surface area contributed by atoms with Gasteiger partial charge >= 0.3 is 6.03 Å². The molecule has 0 aliphatic rings. The highest BCUT2D eigenvalue weighted by Crippen LogP contribution is 2.25. The Balaban J connectivity index is 1.95. The van der Waals surface area contributed by atoms with E-state index < -0.39 is 16.1 Å². The van der Waals surface area contributed by atoms with Gasteiger partial charge < -0.3 is 16.0 Å². The first kappa shape index (κ1) is 23.8. The van der Waals surface area contributed by atoms with Crippen LogP contribution in [-0.4, -0.2) is 45.3 Å². The van der Waals surface area contributed by atoms with Gasteiger partial charge in [-0.25, -0.2) is 17.5 Å². The number of amides is 3. The zero-order valence-electron chi connectivity index (χ0n) is 17.2. The second kappa shape index (κ2) is 10.1. The molecule has 0 aromatic heterocycles. The van der Waals surface area contributed by atoms with E-state index in [1.807, 2.05) is 0 Å². The van der Waals surface area contributed by atoms with Crippen molar-refractivity contribution in [3.05, 3.63) is 52.0 Å². The maximum absolute atomic E-state index is 12.4. The van der Waals surface area contributed by atoms with Crippen LogP contribution in [0.5, 0.6) is 0 Å². The lowest BCUT2D eigenvalue weighted by atomic mass is 10.1. The Labute approximate surface area is 185 Å². The van der Waals surface area contributed by atoms with Gasteiger partial charge in [0.2, 0.25) is 15.9 Å². The van der Waals surface area contributed by atoms with E-state index in [1.165, 1.54) is 20.2 Å². The molecular weight excluding hydrogens is 472 g/mol. The fourth-order valence-corrected chi connectivity index (χ4v) is 3.81. The van der Waals surface area contributed by atoms with Crippen LogP contribution in [0.25, 0.3) is 0 Å². The Morgan fingerprint density at radius 3 is 2.27 bits per heavy atom. The second-order valence-electron chi connectivity index (χ2n) is 6.89. The smallest absolute Gasteiger partial charge is 0.319 e. The number of halogens is 1. The molecule has 0 heterocycles. The lowest BCUT2D eigenvalue weighted by molar-refractivity contribution is -0.116. The molecule has 2 rings (SSSR count). The van der Waals surface area contributed by atoms with Crippen molar-refractivity contribution in [1.29, 1.82) is 0 Å². The molecule has 30 heavy (non-hydrogen) atoms. The van der Waals surface area contributed by atoms with Crippen LogP contribution in [0.3, 0.4) is 0 Å². The molecular formula is C20H25BrN4O4S. The molecule has 0 aliphatic carbocycles. The molecule has 162 valence electrons. The maximum Gasteiger partial charge on any atom is 0.319 e. The van der Waals surface area contributed by atoms with Gasteiger partial charge in [0.1, 0.15) is 0 Å². The topological polar surface area (TPSA) is 108 Å². The number of aryl methyl sites for hydroxylation is 1. The van der Waals surface area contributed by atoms with Crippen LogP contribution >= 0.6 is 15.9 Å². The highest BCUT2D eigenvalue weighted by atomic mass is 79.9. The van der Waals surface area contributed by atoms with Gasteiger partial charge in [0.05, 0.1) is 4.90 Å². The van der Waals surface area contributed by atoms with E-state index in [-0.39, 0.29) is 23.8 Å². The van der Waals surface area contributed by atoms with Crippen LogP contribution in [0.2, 0.25) is 0 Å². The minimum absolute atomic E-state index is 0.0386. The summed E-state index contributed by atoms with van der Waals surface area (Å²) in [5, 5.41) is 8.02. The number of hydrogen-bond acceptors (Lipinski definition) is 4. The molecule has 0 bridgehead atoms. The number of urea groups is 1. The lowest BCUT2D eigenvalue weighted by Gasteiger charge is -2.16. The highest BCUT2D eigenvalue weighted by molar-refractivity contribution is 9.10. The molecule has 2 aromatic rings. The van der Waals surface area contributed by atoms with Crippen molar-refractivity contribution in [3.8, 4) is 0 Å². The lowest BCUT2D eigenvalue weighted by Crippen LogP contribution is -2.31. The maximum atomic E-state index is 12.4. The SMILES string of the molecule is Cc1cc(S(=O)(=O)N(C)C)cc(NC(=O)CCNC(=O)Nc2ccc(Br)cc2)c1C. The van der Waals surface area contributed by atoms with Crippen LogP contribution in [0.1, 0.15) is 17.5 Å². The molecule has 0 radical (unpaired) electrons. The average Bonchev–Trinajstić information content (AvgIpc) is 2.66. The zero-order chi connectivity index (χ0) is 22.5. The molecule has 3 N–H and O–H groups in total. The second-order valence-corrected chi connectivity index (χ2v) is 9.95. The number of carbonyl (C=O) groups is 2. The number of benzene rings is 2. The van der Waals surface area contributed by atoms with Gasteiger partial charge in [0.15, 0.2) is 0 Å². The predicted octanol–water partition coefficient (Wildman–Crippen LogP) is 3.47. The Morgan fingerprint density at radius 1 is 1.03 bits per heavy atom. The van der Waals surface area contributed by atoms with E-state index in [9.17, 15) is 18.0 Å². The number of carbonyl (C=O) groups excluding carboxylic acids is 2. The molecule has 10 heteroatoms. The summed E-state index contributed by atoms with van der Waals surface area (Å²) in [4.78, 5) is 24.3. The summed E-state index contributed by atoms with van der Waals surface area (Å²) in [6.07, 6.45) is 0.0386. The molecule has 0 fully saturated rings. The Bertz CT molecular complexity index is 1040. The average molecular weight is 497 g/mol. The third-order valence-corrected chi connectivity index (χ3v) is 6.75. The quantitative estimate of drug-likeness (QED) is 0.545. The summed E-state index contributed by atoms with van der Waals surface area (Å²) in [7, 11) is -0.717. The number of nitrogens with one attached hydrogen (secondary N) is 3. The Kier molecular flexibility index (Phi) is 7.99. The summed E-state index contributed by atoms with van der Waals surface area (Å²) in [6, 6.07) is 9.70. The number of nitrogens with zero attached hydrogens (tertiary/aromatic N) is 1. The molecule has 8 nitrogen and oxygen atoms in total. The van der Waals surface area contributed by atoms with Gasteiger partial charge in [-0.15, -0.1) is 0 Å². The van der Waals surface area contributed by atoms with Crippen molar-refractivity contribution < 1.29 is 18.0 Å². The van der Waals surface area contributed by atoms with Crippen LogP contribution in [-0.2, 0) is 14.8 Å². The van der Waals surface area contributed by atoms with E-state index in [1.54, 1.807) is 44.2 Å². The molecule has 0 spiro atoms. The Morgan fingerprint density at radius 2 is 1.67 bits per heavy atom. The first-order valence-electron chi connectivity index (χ1n) is 9.14. The van der Waals surface area contributed by atoms with E-state index >= 15 is 0 Å². The summed E-state index contributed by atoms with van der Waals surface area (Å²) in [6.45, 7) is 3.72. The van der Waals surface area contributed by atoms with E-state index in [4.69, 9.17) is 0 Å². The largest absolute Gasteiger partial charge is 0.337 e. The summed E-state index contributed by atoms with van der Waals surface area (Å²) >= 11 is 3.32. The molecule has 0 unspecified atom stereocenters. The van der Waals surface area contributed by atoms with E-state index in [0.29, 0.717) is 11.4 Å². The van der Waals surface area contributed by atoms with Crippen molar-refractivity contribution in [2.45, 2.75) is 25.2 Å². The molecule has 0 aliphatic heterocycles. The van der Waals surface area contributed by atoms with Gasteiger partial charge in [-0.3, -0.25) is 4.79 Å². The minimum Gasteiger partial charge on any atom is -0.337 e. The first-order chi connectivity index (χ1) is 14.0. The van der Waals surface area contributed by atoms with Crippen molar-refractivity contribution in [1.82, 2.24) is 9.62 Å². The zero-order valence-corrected chi connectivity index (χ0v) is 19.6. The number of hydrogen-bond donors (Lipinski definition) is 3. The summed E-state index contributed by atoms with van der Waals surface area (Å²) in [5.74, 6) is -0.333. The monoisotopic (exact) mass is 496 g/mol. The van der Waals surface area contributed by atoms with Crippen molar-refractivity contribution in [2.24, 2.45) is 0 Å². The van der Waals surface area contributed by atoms with Gasteiger partial charge in [-0.2, -0.15) is 0 Å². The molecule has 0 atom stereocenters. The van der Waals surface area contributed by atoms with Crippen LogP contribution in [0.15, 0.2) is 45.8 Å². The normalized spacial score (nSPS) is 11.3. The van der Waals surface area contributed by atoms with Gasteiger partial charge in [0.25, 0.3) is 0 Å². The van der Waals surface area contributed by atoms with E-state index in [0.717, 1.165) is 19.9 Å². The highest BCUT2D eigenvalue weighted by Gasteiger charge is 2.20. The fourth-order valence-electron chi connectivity index (χ4n) is 2.53. The third-order valence-electron chi connectivity index (χ3n) is 4.43. The minimum atomic E-state index is -3.62. The fraction of sp³-hybridized carbons (Fsp3) is 0.300. The predicted molar refractivity (Wildman–Crippen MR) is 121 cm³/mol. The van der Waals surface area contributed by atoms with Crippen LogP contribution in [0, 0.1) is 13.8 Å². The molecule has 3 amide bonds. The van der Waals surface area contributed by atoms with Crippen molar-refractivity contribution in [3.63, 3.8) is 0 Å². The van der Waals surface area contributed by atoms with Crippen molar-refractivity contribution in [2.75, 3.05) is 31.3 Å². The van der Waals surface area contributed by atoms with Crippen LogP contribution < -0.4 is 16.0 Å². The van der Waals surface area contributed by atoms with Gasteiger partial charge in [-0.05, 0) is 61.4 Å². The van der Waals surface area contributed by atoms with Crippen LogP contribution in [0.4, 0.5) is 16.2 Å². The summed E-state index contributed by atoms with van der Waals surface area (Å²) < 4.78 is 26.8. The van der Waals surface area contributed by atoms with Crippen molar-refractivity contribution >= 4 is 49.3 Å². The molecule has 2 aromatic carbocycles. The van der Waals surface area contributed by atoms with E-state index in [2.05, 4.69) is 31.9 Å². The number of anilines is 2. The molecule has 0 saturated carbocycles. The standard InChI is InChI=1S/C20H25BrN4O4S/c1-13-11-17(30(28,29)25(3)4)12-18(14(13)2)24-19(26)9-10-22-20(27)23-16-7-5-15(21)6-8-16/h5-8,11-12H,9-10H2,1-4H3,(H,24,26)(H2,22,23,27).